The van der Waals surface area contributed by atoms with Gasteiger partial charge in [0.15, 0.2) is 0 Å². The maximum Gasteiger partial charge on any atom is 0.120 e. The summed E-state index contributed by atoms with van der Waals surface area (Å²) in [6, 6.07) is 6.43. The Bertz CT molecular complexity index is 407. The Labute approximate surface area is 124 Å². The highest BCUT2D eigenvalue weighted by atomic mass is 79.9. The number of hydrogen-bond donors (Lipinski definition) is 1. The molecule has 0 radical (unpaired) electrons. The van der Waals surface area contributed by atoms with Gasteiger partial charge in [-0.25, -0.2) is 0 Å². The van der Waals surface area contributed by atoms with E-state index in [9.17, 15) is 0 Å². The van der Waals surface area contributed by atoms with Crippen LogP contribution in [0.2, 0.25) is 0 Å². The normalized spacial score (nSPS) is 13.4. The van der Waals surface area contributed by atoms with Crippen molar-refractivity contribution in [2.75, 3.05) is 20.8 Å². The molecular weight excluding hydrogens is 306 g/mol. The summed E-state index contributed by atoms with van der Waals surface area (Å²) < 4.78 is 12.2. The van der Waals surface area contributed by atoms with E-state index < -0.39 is 0 Å². The van der Waals surface area contributed by atoms with Crippen molar-refractivity contribution in [3.63, 3.8) is 0 Å². The van der Waals surface area contributed by atoms with E-state index in [2.05, 4.69) is 48.1 Å². The van der Waals surface area contributed by atoms with Crippen LogP contribution in [0.25, 0.3) is 0 Å². The Morgan fingerprint density at radius 1 is 1.37 bits per heavy atom. The second-order valence-electron chi connectivity index (χ2n) is 5.26. The molecule has 0 bridgehead atoms. The summed E-state index contributed by atoms with van der Waals surface area (Å²) >= 11 is 3.59. The zero-order valence-electron chi connectivity index (χ0n) is 12.4. The minimum absolute atomic E-state index is 0.141. The van der Waals surface area contributed by atoms with Crippen LogP contribution in [0, 0.1) is 0 Å². The molecule has 0 amide bonds. The number of halogens is 1. The third kappa shape index (κ3) is 5.13. The quantitative estimate of drug-likeness (QED) is 0.822. The second-order valence-corrected chi connectivity index (χ2v) is 6.11. The van der Waals surface area contributed by atoms with Crippen LogP contribution in [0.3, 0.4) is 0 Å². The highest BCUT2D eigenvalue weighted by molar-refractivity contribution is 9.10. The molecule has 1 unspecified atom stereocenters. The molecule has 0 heterocycles. The number of hydrogen-bond acceptors (Lipinski definition) is 3. The highest BCUT2D eigenvalue weighted by Gasteiger charge is 2.16. The van der Waals surface area contributed by atoms with Crippen molar-refractivity contribution in [1.82, 2.24) is 5.32 Å². The van der Waals surface area contributed by atoms with Crippen molar-refractivity contribution < 1.29 is 9.47 Å². The van der Waals surface area contributed by atoms with Crippen molar-refractivity contribution in [3.8, 4) is 5.75 Å². The fourth-order valence-corrected chi connectivity index (χ4v) is 2.32. The second kappa shape index (κ2) is 7.27. The van der Waals surface area contributed by atoms with Gasteiger partial charge in [-0.05, 0) is 45.5 Å². The SMILES string of the molecule is CNC(C)c1ccc(OCCC(C)(C)OC)cc1Br. The van der Waals surface area contributed by atoms with Gasteiger partial charge in [0, 0.05) is 24.0 Å². The molecule has 0 aliphatic rings. The molecule has 3 nitrogen and oxygen atoms in total. The first-order valence-corrected chi connectivity index (χ1v) is 7.33. The monoisotopic (exact) mass is 329 g/mol. The number of methoxy groups -OCH3 is 1. The lowest BCUT2D eigenvalue weighted by atomic mass is 10.1. The Hall–Kier alpha value is -0.580. The van der Waals surface area contributed by atoms with Crippen LogP contribution >= 0.6 is 15.9 Å². The van der Waals surface area contributed by atoms with Gasteiger partial charge in [0.25, 0.3) is 0 Å². The van der Waals surface area contributed by atoms with Crippen molar-refractivity contribution >= 4 is 15.9 Å². The summed E-state index contributed by atoms with van der Waals surface area (Å²) in [5, 5.41) is 3.22. The Kier molecular flexibility index (Phi) is 6.30. The Morgan fingerprint density at radius 2 is 2.05 bits per heavy atom. The lowest BCUT2D eigenvalue weighted by molar-refractivity contribution is 0.00545. The molecule has 1 rings (SSSR count). The smallest absolute Gasteiger partial charge is 0.120 e. The largest absolute Gasteiger partial charge is 0.493 e. The van der Waals surface area contributed by atoms with Crippen LogP contribution in [0.1, 0.15) is 38.8 Å². The molecule has 0 spiro atoms. The number of benzene rings is 1. The predicted molar refractivity (Wildman–Crippen MR) is 82.8 cm³/mol. The lowest BCUT2D eigenvalue weighted by Crippen LogP contribution is -2.25. The molecule has 1 N–H and O–H groups in total. The van der Waals surface area contributed by atoms with Crippen molar-refractivity contribution in [2.45, 2.75) is 38.8 Å². The van der Waals surface area contributed by atoms with Gasteiger partial charge in [0.05, 0.1) is 12.2 Å². The van der Waals surface area contributed by atoms with Gasteiger partial charge in [-0.15, -0.1) is 0 Å². The lowest BCUT2D eigenvalue weighted by Gasteiger charge is -2.22. The number of ether oxygens (including phenoxy) is 2. The van der Waals surface area contributed by atoms with Crippen LogP contribution in [-0.4, -0.2) is 26.4 Å². The molecule has 1 aromatic carbocycles. The molecule has 0 aliphatic carbocycles. The molecule has 0 saturated heterocycles. The summed E-state index contributed by atoms with van der Waals surface area (Å²) in [4.78, 5) is 0. The van der Waals surface area contributed by atoms with E-state index in [-0.39, 0.29) is 5.60 Å². The third-order valence-corrected chi connectivity index (χ3v) is 4.08. The van der Waals surface area contributed by atoms with Gasteiger partial charge in [-0.1, -0.05) is 22.0 Å². The van der Waals surface area contributed by atoms with Crippen LogP contribution < -0.4 is 10.1 Å². The van der Waals surface area contributed by atoms with E-state index in [4.69, 9.17) is 9.47 Å². The van der Waals surface area contributed by atoms with Crippen LogP contribution in [0.15, 0.2) is 22.7 Å². The summed E-state index contributed by atoms with van der Waals surface area (Å²) in [7, 11) is 3.68. The van der Waals surface area contributed by atoms with E-state index in [1.165, 1.54) is 5.56 Å². The Balaban J connectivity index is 2.59. The third-order valence-electron chi connectivity index (χ3n) is 3.40. The fraction of sp³-hybridized carbons (Fsp3) is 0.600. The zero-order valence-corrected chi connectivity index (χ0v) is 14.0. The van der Waals surface area contributed by atoms with Gasteiger partial charge in [-0.2, -0.15) is 0 Å². The average molecular weight is 330 g/mol. The van der Waals surface area contributed by atoms with Crippen LogP contribution in [0.5, 0.6) is 5.75 Å². The first-order valence-electron chi connectivity index (χ1n) is 6.54. The molecule has 108 valence electrons. The molecule has 4 heteroatoms. The molecule has 1 atom stereocenters. The van der Waals surface area contributed by atoms with Gasteiger partial charge < -0.3 is 14.8 Å². The topological polar surface area (TPSA) is 30.5 Å². The summed E-state index contributed by atoms with van der Waals surface area (Å²) in [5.74, 6) is 0.880. The van der Waals surface area contributed by atoms with E-state index >= 15 is 0 Å². The Morgan fingerprint density at radius 3 is 2.58 bits per heavy atom. The minimum Gasteiger partial charge on any atom is -0.493 e. The number of nitrogens with one attached hydrogen (secondary N) is 1. The summed E-state index contributed by atoms with van der Waals surface area (Å²) in [6.07, 6.45) is 0.857. The highest BCUT2D eigenvalue weighted by Crippen LogP contribution is 2.27. The van der Waals surface area contributed by atoms with Crippen LogP contribution in [-0.2, 0) is 4.74 Å². The van der Waals surface area contributed by atoms with E-state index in [1.54, 1.807) is 7.11 Å². The van der Waals surface area contributed by atoms with Crippen molar-refractivity contribution in [1.29, 1.82) is 0 Å². The standard InChI is InChI=1S/C15H24BrNO2/c1-11(17-4)13-7-6-12(10-14(13)16)19-9-8-15(2,3)18-5/h6-7,10-11,17H,8-9H2,1-5H3. The molecule has 1 aromatic rings. The van der Waals surface area contributed by atoms with E-state index in [0.29, 0.717) is 12.6 Å². The van der Waals surface area contributed by atoms with Crippen molar-refractivity contribution in [2.24, 2.45) is 0 Å². The molecular formula is C15H24BrNO2. The zero-order chi connectivity index (χ0) is 14.5. The summed E-state index contributed by atoms with van der Waals surface area (Å²) in [6.45, 7) is 6.89. The number of rotatable bonds is 7. The molecule has 0 aromatic heterocycles. The van der Waals surface area contributed by atoms with E-state index in [1.807, 2.05) is 19.2 Å². The first-order chi connectivity index (χ1) is 8.89. The van der Waals surface area contributed by atoms with Gasteiger partial charge in [0.1, 0.15) is 5.75 Å². The van der Waals surface area contributed by atoms with Gasteiger partial charge in [0.2, 0.25) is 0 Å². The van der Waals surface area contributed by atoms with Crippen molar-refractivity contribution in [3.05, 3.63) is 28.2 Å². The van der Waals surface area contributed by atoms with Gasteiger partial charge >= 0.3 is 0 Å². The molecule has 0 aliphatic heterocycles. The molecule has 0 fully saturated rings. The fourth-order valence-electron chi connectivity index (χ4n) is 1.62. The maximum absolute atomic E-state index is 5.76. The maximum atomic E-state index is 5.76. The molecule has 19 heavy (non-hydrogen) atoms. The molecule has 0 saturated carbocycles. The average Bonchev–Trinajstić information content (AvgIpc) is 2.38. The first kappa shape index (κ1) is 16.5. The van der Waals surface area contributed by atoms with Gasteiger partial charge in [-0.3, -0.25) is 0 Å². The van der Waals surface area contributed by atoms with E-state index in [0.717, 1.165) is 16.6 Å². The summed E-state index contributed by atoms with van der Waals surface area (Å²) in [5.41, 5.74) is 1.09. The van der Waals surface area contributed by atoms with Crippen LogP contribution in [0.4, 0.5) is 0 Å². The minimum atomic E-state index is -0.141. The predicted octanol–water partition coefficient (Wildman–Crippen LogP) is 3.92.